The Morgan fingerprint density at radius 1 is 1.29 bits per heavy atom. The van der Waals surface area contributed by atoms with Gasteiger partial charge in [0.05, 0.1) is 11.4 Å². The van der Waals surface area contributed by atoms with E-state index in [-0.39, 0.29) is 0 Å². The third kappa shape index (κ3) is 1.37. The van der Waals surface area contributed by atoms with Crippen LogP contribution < -0.4 is 11.1 Å². The number of fused-ring (bicyclic) bond motifs is 1. The molecule has 0 atom stereocenters. The number of aromatic nitrogens is 2. The molecule has 74 valence electrons. The second kappa shape index (κ2) is 3.17. The zero-order valence-corrected chi connectivity index (χ0v) is 8.11. The highest BCUT2D eigenvalue weighted by Crippen LogP contribution is 2.25. The van der Waals surface area contributed by atoms with Gasteiger partial charge >= 0.3 is 0 Å². The van der Waals surface area contributed by atoms with E-state index in [0.29, 0.717) is 22.8 Å². The minimum absolute atomic E-state index is 0.332. The molecule has 3 N–H and O–H groups in total. The van der Waals surface area contributed by atoms with E-state index in [0.717, 1.165) is 5.69 Å². The van der Waals surface area contributed by atoms with Crippen LogP contribution in [0.15, 0.2) is 16.8 Å². The quantitative estimate of drug-likeness (QED) is 0.707. The van der Waals surface area contributed by atoms with Crippen molar-refractivity contribution in [2.75, 3.05) is 11.1 Å². The monoisotopic (exact) mass is 192 g/mol. The van der Waals surface area contributed by atoms with Crippen LogP contribution in [0.25, 0.3) is 11.0 Å². The van der Waals surface area contributed by atoms with E-state index in [1.165, 1.54) is 0 Å². The molecule has 0 spiro atoms. The smallest absolute Gasteiger partial charge is 0.160 e. The maximum Gasteiger partial charge on any atom is 0.160 e. The maximum atomic E-state index is 5.71. The standard InChI is InChI=1S/C9H12N4O/c1-5(2)11-7-4-3-6(10)8-9(7)13-14-12-8/h3-5,11H,10H2,1-2H3. The van der Waals surface area contributed by atoms with E-state index >= 15 is 0 Å². The van der Waals surface area contributed by atoms with Gasteiger partial charge in [-0.25, -0.2) is 4.63 Å². The molecular weight excluding hydrogens is 180 g/mol. The summed E-state index contributed by atoms with van der Waals surface area (Å²) in [6.45, 7) is 4.10. The largest absolute Gasteiger partial charge is 0.397 e. The third-order valence-electron chi connectivity index (χ3n) is 1.89. The summed E-state index contributed by atoms with van der Waals surface area (Å²) in [7, 11) is 0. The van der Waals surface area contributed by atoms with Crippen LogP contribution in [-0.2, 0) is 0 Å². The van der Waals surface area contributed by atoms with Gasteiger partial charge in [-0.2, -0.15) is 0 Å². The molecule has 0 aliphatic rings. The molecule has 1 aromatic heterocycles. The fraction of sp³-hybridized carbons (Fsp3) is 0.333. The molecule has 5 nitrogen and oxygen atoms in total. The minimum Gasteiger partial charge on any atom is -0.397 e. The Bertz CT molecular complexity index is 449. The van der Waals surface area contributed by atoms with Gasteiger partial charge in [0.2, 0.25) is 0 Å². The van der Waals surface area contributed by atoms with Gasteiger partial charge in [0.25, 0.3) is 0 Å². The van der Waals surface area contributed by atoms with Crippen LogP contribution in [0.1, 0.15) is 13.8 Å². The Hall–Kier alpha value is -1.78. The van der Waals surface area contributed by atoms with Gasteiger partial charge in [-0.15, -0.1) is 0 Å². The summed E-state index contributed by atoms with van der Waals surface area (Å²) in [6, 6.07) is 4.00. The Labute approximate surface area is 81.2 Å². The first-order chi connectivity index (χ1) is 6.68. The summed E-state index contributed by atoms with van der Waals surface area (Å²) < 4.78 is 4.65. The third-order valence-corrected chi connectivity index (χ3v) is 1.89. The molecule has 14 heavy (non-hydrogen) atoms. The van der Waals surface area contributed by atoms with Crippen LogP contribution in [0, 0.1) is 0 Å². The number of nitrogen functional groups attached to an aromatic ring is 1. The maximum absolute atomic E-state index is 5.71. The van der Waals surface area contributed by atoms with Gasteiger partial charge in [0, 0.05) is 6.04 Å². The Kier molecular flexibility index (Phi) is 1.99. The summed E-state index contributed by atoms with van der Waals surface area (Å²) in [5.74, 6) is 0. The summed E-state index contributed by atoms with van der Waals surface area (Å²) in [5, 5.41) is 10.8. The van der Waals surface area contributed by atoms with E-state index in [1.807, 2.05) is 6.07 Å². The van der Waals surface area contributed by atoms with Crippen LogP contribution in [0.3, 0.4) is 0 Å². The van der Waals surface area contributed by atoms with E-state index in [1.54, 1.807) is 6.07 Å². The van der Waals surface area contributed by atoms with E-state index in [4.69, 9.17) is 5.73 Å². The molecule has 0 saturated carbocycles. The second-order valence-electron chi connectivity index (χ2n) is 3.46. The second-order valence-corrected chi connectivity index (χ2v) is 3.46. The van der Waals surface area contributed by atoms with Gasteiger partial charge in [0.1, 0.15) is 0 Å². The molecule has 0 amide bonds. The zero-order valence-electron chi connectivity index (χ0n) is 8.11. The van der Waals surface area contributed by atoms with Crippen molar-refractivity contribution in [3.8, 4) is 0 Å². The Morgan fingerprint density at radius 2 is 2.00 bits per heavy atom. The van der Waals surface area contributed by atoms with E-state index in [9.17, 15) is 0 Å². The van der Waals surface area contributed by atoms with Crippen LogP contribution in [0.2, 0.25) is 0 Å². The van der Waals surface area contributed by atoms with Crippen molar-refractivity contribution in [1.29, 1.82) is 0 Å². The van der Waals surface area contributed by atoms with Crippen LogP contribution in [-0.4, -0.2) is 16.4 Å². The molecule has 0 fully saturated rings. The van der Waals surface area contributed by atoms with Crippen LogP contribution in [0.5, 0.6) is 0 Å². The summed E-state index contributed by atoms with van der Waals surface area (Å²) in [5.41, 5.74) is 8.47. The Morgan fingerprint density at radius 3 is 2.71 bits per heavy atom. The molecule has 5 heteroatoms. The number of nitrogens with one attached hydrogen (secondary N) is 1. The highest BCUT2D eigenvalue weighted by atomic mass is 16.6. The normalized spacial score (nSPS) is 11.1. The van der Waals surface area contributed by atoms with Gasteiger partial charge in [-0.1, -0.05) is 0 Å². The fourth-order valence-electron chi connectivity index (χ4n) is 1.31. The molecule has 0 aliphatic heterocycles. The van der Waals surface area contributed by atoms with Gasteiger partial charge < -0.3 is 11.1 Å². The van der Waals surface area contributed by atoms with E-state index < -0.39 is 0 Å². The van der Waals surface area contributed by atoms with Gasteiger partial charge in [-0.3, -0.25) is 0 Å². The summed E-state index contributed by atoms with van der Waals surface area (Å²) in [6.07, 6.45) is 0. The van der Waals surface area contributed by atoms with Crippen molar-refractivity contribution in [2.45, 2.75) is 19.9 Å². The molecule has 0 radical (unpaired) electrons. The van der Waals surface area contributed by atoms with E-state index in [2.05, 4.69) is 34.1 Å². The molecule has 2 rings (SSSR count). The van der Waals surface area contributed by atoms with Crippen molar-refractivity contribution >= 4 is 22.4 Å². The van der Waals surface area contributed by atoms with Gasteiger partial charge in [0.15, 0.2) is 11.0 Å². The topological polar surface area (TPSA) is 77.0 Å². The number of rotatable bonds is 2. The van der Waals surface area contributed by atoms with Crippen molar-refractivity contribution in [3.63, 3.8) is 0 Å². The van der Waals surface area contributed by atoms with Crippen molar-refractivity contribution in [3.05, 3.63) is 12.1 Å². The average molecular weight is 192 g/mol. The van der Waals surface area contributed by atoms with Crippen molar-refractivity contribution < 1.29 is 4.63 Å². The first-order valence-electron chi connectivity index (χ1n) is 4.46. The molecule has 0 saturated heterocycles. The number of hydrogen-bond donors (Lipinski definition) is 2. The highest BCUT2D eigenvalue weighted by Gasteiger charge is 2.09. The lowest BCUT2D eigenvalue weighted by molar-refractivity contribution is 0.315. The molecule has 0 aliphatic carbocycles. The zero-order chi connectivity index (χ0) is 10.1. The fourth-order valence-corrected chi connectivity index (χ4v) is 1.31. The number of benzene rings is 1. The lowest BCUT2D eigenvalue weighted by Gasteiger charge is -2.09. The van der Waals surface area contributed by atoms with Crippen LogP contribution in [0.4, 0.5) is 11.4 Å². The molecule has 0 bridgehead atoms. The summed E-state index contributed by atoms with van der Waals surface area (Å²) in [4.78, 5) is 0. The van der Waals surface area contributed by atoms with Crippen LogP contribution >= 0.6 is 0 Å². The lowest BCUT2D eigenvalue weighted by Crippen LogP contribution is -2.10. The lowest BCUT2D eigenvalue weighted by atomic mass is 10.2. The van der Waals surface area contributed by atoms with Crippen molar-refractivity contribution in [2.24, 2.45) is 0 Å². The molecule has 2 aromatic rings. The number of anilines is 2. The molecule has 0 unspecified atom stereocenters. The average Bonchev–Trinajstić information content (AvgIpc) is 2.58. The summed E-state index contributed by atoms with van der Waals surface area (Å²) >= 11 is 0. The highest BCUT2D eigenvalue weighted by molar-refractivity contribution is 5.94. The SMILES string of the molecule is CC(C)Nc1ccc(N)c2nonc12. The molecular formula is C9H12N4O. The number of nitrogens with zero attached hydrogens (tertiary/aromatic N) is 2. The molecule has 1 aromatic carbocycles. The predicted molar refractivity (Wildman–Crippen MR) is 55.0 cm³/mol. The molecule has 1 heterocycles. The first-order valence-corrected chi connectivity index (χ1v) is 4.46. The Balaban J connectivity index is 2.55. The predicted octanol–water partition coefficient (Wildman–Crippen LogP) is 1.63. The number of nitrogens with two attached hydrogens (primary N) is 1. The van der Waals surface area contributed by atoms with Gasteiger partial charge in [-0.05, 0) is 36.3 Å². The van der Waals surface area contributed by atoms with Crippen molar-refractivity contribution in [1.82, 2.24) is 10.3 Å². The number of hydrogen-bond acceptors (Lipinski definition) is 5. The minimum atomic E-state index is 0.332. The first kappa shape index (κ1) is 8.80.